The zero-order valence-electron chi connectivity index (χ0n) is 19.6. The van der Waals surface area contributed by atoms with Gasteiger partial charge >= 0.3 is 6.18 Å². The van der Waals surface area contributed by atoms with Gasteiger partial charge in [-0.1, -0.05) is 35.9 Å². The van der Waals surface area contributed by atoms with E-state index in [1.54, 1.807) is 19.1 Å². The Morgan fingerprint density at radius 2 is 1.86 bits per heavy atom. The quantitative estimate of drug-likeness (QED) is 0.292. The third kappa shape index (κ3) is 5.46. The Labute approximate surface area is 216 Å². The molecule has 4 rings (SSSR count). The summed E-state index contributed by atoms with van der Waals surface area (Å²) in [6.07, 6.45) is -5.17. The van der Waals surface area contributed by atoms with Gasteiger partial charge in [0.25, 0.3) is 10.0 Å². The fraction of sp³-hybridized carbons (Fsp3) is 0.231. The van der Waals surface area contributed by atoms with Gasteiger partial charge in [0.15, 0.2) is 0 Å². The minimum Gasteiger partial charge on any atom is -0.484 e. The van der Waals surface area contributed by atoms with Crippen LogP contribution in [0.15, 0.2) is 65.6 Å². The lowest BCUT2D eigenvalue weighted by atomic mass is 10.0. The van der Waals surface area contributed by atoms with Crippen molar-refractivity contribution in [2.75, 3.05) is 10.8 Å². The molecule has 0 amide bonds. The molecule has 1 aliphatic heterocycles. The second-order valence-electron chi connectivity index (χ2n) is 8.61. The van der Waals surface area contributed by atoms with Crippen LogP contribution in [-0.2, 0) is 16.2 Å². The van der Waals surface area contributed by atoms with Crippen molar-refractivity contribution >= 4 is 39.0 Å². The third-order valence-electron chi connectivity index (χ3n) is 5.90. The van der Waals surface area contributed by atoms with Crippen molar-refractivity contribution < 1.29 is 35.8 Å². The monoisotopic (exact) mass is 555 g/mol. The van der Waals surface area contributed by atoms with E-state index in [-0.39, 0.29) is 28.6 Å². The number of anilines is 1. The molecule has 0 bridgehead atoms. The van der Waals surface area contributed by atoms with Crippen LogP contribution in [0.3, 0.4) is 0 Å². The number of benzene rings is 3. The average molecular weight is 556 g/mol. The van der Waals surface area contributed by atoms with Crippen LogP contribution in [0.2, 0.25) is 5.02 Å². The highest BCUT2D eigenvalue weighted by Crippen LogP contribution is 2.40. The first-order chi connectivity index (χ1) is 17.3. The maximum absolute atomic E-state index is 14.4. The first kappa shape index (κ1) is 27.0. The molecule has 0 aliphatic carbocycles. The highest BCUT2D eigenvalue weighted by Gasteiger charge is 2.38. The van der Waals surface area contributed by atoms with Crippen molar-refractivity contribution in [3.8, 4) is 5.75 Å². The number of aliphatic hydroxyl groups is 1. The van der Waals surface area contributed by atoms with Crippen molar-refractivity contribution in [1.29, 1.82) is 0 Å². The maximum Gasteiger partial charge on any atom is 0.416 e. The van der Waals surface area contributed by atoms with Gasteiger partial charge in [-0.05, 0) is 67.4 Å². The van der Waals surface area contributed by atoms with E-state index in [1.807, 2.05) is 0 Å². The van der Waals surface area contributed by atoms with Crippen LogP contribution < -0.4 is 9.04 Å². The minimum atomic E-state index is -4.74. The number of rotatable bonds is 5. The number of hydrogen-bond acceptors (Lipinski definition) is 4. The van der Waals surface area contributed by atoms with Crippen LogP contribution in [0.5, 0.6) is 5.75 Å². The molecule has 2 atom stereocenters. The summed E-state index contributed by atoms with van der Waals surface area (Å²) in [7, 11) is -4.50. The number of allylic oxidation sites excluding steroid dienone is 1. The number of nitrogens with zero attached hydrogens (tertiary/aromatic N) is 1. The van der Waals surface area contributed by atoms with E-state index in [1.165, 1.54) is 37.3 Å². The van der Waals surface area contributed by atoms with Crippen LogP contribution in [0, 0.1) is 5.82 Å². The molecule has 1 aliphatic rings. The molecule has 11 heteroatoms. The lowest BCUT2D eigenvalue weighted by Gasteiger charge is -2.36. The summed E-state index contributed by atoms with van der Waals surface area (Å²) in [5, 5.41) is 10.3. The SMILES string of the molecule is CC(=Cc1ccc2c(c1)N(S(=O)(=O)c1cccc(C(F)(F)F)c1)C[C@H]([C@H](C)O)O2)c1c(F)cccc1Cl. The smallest absolute Gasteiger partial charge is 0.416 e. The van der Waals surface area contributed by atoms with Gasteiger partial charge in [0.1, 0.15) is 17.7 Å². The molecule has 3 aromatic rings. The predicted molar refractivity (Wildman–Crippen MR) is 133 cm³/mol. The summed E-state index contributed by atoms with van der Waals surface area (Å²) in [5.41, 5.74) is 0.0762. The second-order valence-corrected chi connectivity index (χ2v) is 10.9. The summed E-state index contributed by atoms with van der Waals surface area (Å²) >= 11 is 6.16. The average Bonchev–Trinajstić information content (AvgIpc) is 2.82. The molecule has 0 fully saturated rings. The fourth-order valence-corrected chi connectivity index (χ4v) is 5.85. The molecule has 3 aromatic carbocycles. The zero-order valence-corrected chi connectivity index (χ0v) is 21.2. The molecule has 1 heterocycles. The van der Waals surface area contributed by atoms with Gasteiger partial charge in [0, 0.05) is 5.56 Å². The van der Waals surface area contributed by atoms with Gasteiger partial charge in [-0.15, -0.1) is 0 Å². The van der Waals surface area contributed by atoms with Gasteiger partial charge in [-0.2, -0.15) is 13.2 Å². The lowest BCUT2D eigenvalue weighted by molar-refractivity contribution is -0.137. The number of ether oxygens (including phenoxy) is 1. The van der Waals surface area contributed by atoms with E-state index >= 15 is 0 Å². The molecule has 0 saturated carbocycles. The molecular weight excluding hydrogens is 534 g/mol. The molecule has 0 spiro atoms. The molecule has 0 radical (unpaired) electrons. The Balaban J connectivity index is 1.82. The number of alkyl halides is 3. The number of fused-ring (bicyclic) bond motifs is 1. The van der Waals surface area contributed by atoms with Gasteiger partial charge in [0.2, 0.25) is 0 Å². The third-order valence-corrected chi connectivity index (χ3v) is 7.99. The van der Waals surface area contributed by atoms with Crippen LogP contribution in [0.25, 0.3) is 11.6 Å². The molecule has 0 aromatic heterocycles. The topological polar surface area (TPSA) is 66.8 Å². The predicted octanol–water partition coefficient (Wildman–Crippen LogP) is 6.40. The highest BCUT2D eigenvalue weighted by atomic mass is 35.5. The lowest BCUT2D eigenvalue weighted by Crippen LogP contribution is -2.47. The van der Waals surface area contributed by atoms with Crippen molar-refractivity contribution in [2.45, 2.75) is 37.1 Å². The van der Waals surface area contributed by atoms with E-state index in [2.05, 4.69) is 0 Å². The molecule has 0 unspecified atom stereocenters. The van der Waals surface area contributed by atoms with Crippen LogP contribution >= 0.6 is 11.6 Å². The number of hydrogen-bond donors (Lipinski definition) is 1. The molecule has 5 nitrogen and oxygen atoms in total. The molecular formula is C26H22ClF4NO4S. The Bertz CT molecular complexity index is 1450. The van der Waals surface area contributed by atoms with Crippen LogP contribution in [-0.4, -0.2) is 32.3 Å². The van der Waals surface area contributed by atoms with Crippen LogP contribution in [0.4, 0.5) is 23.2 Å². The molecule has 196 valence electrons. The van der Waals surface area contributed by atoms with Crippen molar-refractivity contribution in [3.63, 3.8) is 0 Å². The Hall–Kier alpha value is -3.08. The zero-order chi connectivity index (χ0) is 27.1. The second kappa shape index (κ2) is 10.00. The first-order valence-electron chi connectivity index (χ1n) is 11.1. The summed E-state index contributed by atoms with van der Waals surface area (Å²) in [4.78, 5) is -0.560. The Morgan fingerprint density at radius 3 is 2.51 bits per heavy atom. The van der Waals surface area contributed by atoms with E-state index in [4.69, 9.17) is 16.3 Å². The van der Waals surface area contributed by atoms with E-state index in [0.717, 1.165) is 22.5 Å². The standard InChI is InChI=1S/C26H22ClF4NO4S/c1-15(25-20(27)7-4-8-21(25)28)11-17-9-10-23-22(12-17)32(14-24(36-23)16(2)33)37(34,35)19-6-3-5-18(13-19)26(29,30)31/h3-13,16,24,33H,14H2,1-2H3/t16-,24+/m0/s1. The van der Waals surface area contributed by atoms with Gasteiger partial charge in [-0.25, -0.2) is 12.8 Å². The number of aliphatic hydroxyl groups excluding tert-OH is 1. The van der Waals surface area contributed by atoms with Crippen molar-refractivity contribution in [3.05, 3.63) is 88.2 Å². The summed E-state index contributed by atoms with van der Waals surface area (Å²) in [5.74, 6) is -0.414. The maximum atomic E-state index is 14.4. The van der Waals surface area contributed by atoms with E-state index in [0.29, 0.717) is 17.2 Å². The summed E-state index contributed by atoms with van der Waals surface area (Å²) in [6, 6.07) is 12.3. The highest BCUT2D eigenvalue weighted by molar-refractivity contribution is 7.92. The van der Waals surface area contributed by atoms with E-state index in [9.17, 15) is 31.1 Å². The summed E-state index contributed by atoms with van der Waals surface area (Å²) in [6.45, 7) is 2.72. The largest absolute Gasteiger partial charge is 0.484 e. The number of sulfonamides is 1. The van der Waals surface area contributed by atoms with Gasteiger partial charge in [0.05, 0.1) is 33.8 Å². The molecule has 37 heavy (non-hydrogen) atoms. The van der Waals surface area contributed by atoms with Gasteiger partial charge in [-0.3, -0.25) is 4.31 Å². The van der Waals surface area contributed by atoms with Crippen LogP contribution in [0.1, 0.15) is 30.5 Å². The Kier molecular flexibility index (Phi) is 7.29. The first-order valence-corrected chi connectivity index (χ1v) is 12.9. The molecule has 1 N–H and O–H groups in total. The Morgan fingerprint density at radius 1 is 1.16 bits per heavy atom. The number of halogens is 5. The summed E-state index contributed by atoms with van der Waals surface area (Å²) < 4.78 is 88.1. The van der Waals surface area contributed by atoms with Crippen molar-refractivity contribution in [2.24, 2.45) is 0 Å². The normalized spacial score (nSPS) is 17.2. The minimum absolute atomic E-state index is 0.0653. The fourth-order valence-electron chi connectivity index (χ4n) is 4.02. The van der Waals surface area contributed by atoms with E-state index < -0.39 is 44.7 Å². The van der Waals surface area contributed by atoms with Gasteiger partial charge < -0.3 is 9.84 Å². The molecule has 0 saturated heterocycles. The van der Waals surface area contributed by atoms with Crippen molar-refractivity contribution in [1.82, 2.24) is 0 Å².